The van der Waals surface area contributed by atoms with Crippen LogP contribution in [-0.4, -0.2) is 43.3 Å². The van der Waals surface area contributed by atoms with Crippen LogP contribution in [0, 0.1) is 0 Å². The molecule has 1 aromatic heterocycles. The first-order chi connectivity index (χ1) is 12.4. The molecule has 0 bridgehead atoms. The molecule has 7 nitrogen and oxygen atoms in total. The third-order valence-corrected chi connectivity index (χ3v) is 6.72. The topological polar surface area (TPSA) is 101 Å². The minimum atomic E-state index is -3.16. The van der Waals surface area contributed by atoms with Gasteiger partial charge in [-0.3, -0.25) is 0 Å². The van der Waals surface area contributed by atoms with E-state index in [0.717, 1.165) is 31.6 Å². The molecule has 140 valence electrons. The van der Waals surface area contributed by atoms with Gasteiger partial charge in [0, 0.05) is 24.8 Å². The molecule has 3 N–H and O–H groups in total. The fraction of sp³-hybridized carbons (Fsp3) is 0.412. The first-order valence-corrected chi connectivity index (χ1v) is 10.5. The average Bonchev–Trinajstić information content (AvgIpc) is 2.66. The van der Waals surface area contributed by atoms with Crippen LogP contribution in [0.15, 0.2) is 35.5 Å². The van der Waals surface area contributed by atoms with E-state index >= 15 is 0 Å². The van der Waals surface area contributed by atoms with E-state index in [9.17, 15) is 8.42 Å². The van der Waals surface area contributed by atoms with Gasteiger partial charge in [0.1, 0.15) is 17.2 Å². The van der Waals surface area contributed by atoms with Crippen LogP contribution >= 0.6 is 11.6 Å². The van der Waals surface area contributed by atoms with Crippen LogP contribution in [0.25, 0.3) is 0 Å². The second-order valence-electron chi connectivity index (χ2n) is 6.22. The van der Waals surface area contributed by atoms with Gasteiger partial charge >= 0.3 is 0 Å². The summed E-state index contributed by atoms with van der Waals surface area (Å²) in [7, 11) is -3.16. The maximum atomic E-state index is 11.9. The molecule has 1 saturated heterocycles. The third kappa shape index (κ3) is 4.02. The molecule has 0 spiro atoms. The zero-order chi connectivity index (χ0) is 18.7. The van der Waals surface area contributed by atoms with Gasteiger partial charge in [-0.15, -0.1) is 0 Å². The van der Waals surface area contributed by atoms with E-state index in [4.69, 9.17) is 17.3 Å². The summed E-state index contributed by atoms with van der Waals surface area (Å²) in [6.07, 6.45) is 3.22. The number of rotatable bonds is 5. The Morgan fingerprint density at radius 2 is 1.88 bits per heavy atom. The molecule has 2 aromatic rings. The smallest absolute Gasteiger partial charge is 0.178 e. The highest BCUT2D eigenvalue weighted by molar-refractivity contribution is 7.91. The first kappa shape index (κ1) is 18.7. The Morgan fingerprint density at radius 3 is 2.50 bits per heavy atom. The molecule has 0 radical (unpaired) electrons. The molecular formula is C17H22ClN5O2S. The number of nitrogens with zero attached hydrogens (tertiary/aromatic N) is 3. The summed E-state index contributed by atoms with van der Waals surface area (Å²) in [5.41, 5.74) is 6.73. The number of sulfone groups is 1. The van der Waals surface area contributed by atoms with Crippen molar-refractivity contribution < 1.29 is 8.42 Å². The predicted octanol–water partition coefficient (Wildman–Crippen LogP) is 2.59. The summed E-state index contributed by atoms with van der Waals surface area (Å²) in [4.78, 5) is 10.6. The summed E-state index contributed by atoms with van der Waals surface area (Å²) < 4.78 is 23.8. The fourth-order valence-electron chi connectivity index (χ4n) is 2.99. The van der Waals surface area contributed by atoms with Crippen LogP contribution < -0.4 is 16.0 Å². The van der Waals surface area contributed by atoms with Crippen LogP contribution in [0.2, 0.25) is 5.02 Å². The lowest BCUT2D eigenvalue weighted by Crippen LogP contribution is -2.39. The van der Waals surface area contributed by atoms with Crippen molar-refractivity contribution in [2.75, 3.05) is 34.8 Å². The highest BCUT2D eigenvalue weighted by Gasteiger charge is 2.21. The quantitative estimate of drug-likeness (QED) is 0.802. The van der Waals surface area contributed by atoms with Crippen molar-refractivity contribution >= 4 is 38.8 Å². The number of hydrogen-bond donors (Lipinski definition) is 2. The Bertz CT molecular complexity index is 865. The van der Waals surface area contributed by atoms with E-state index in [1.165, 1.54) is 6.33 Å². The highest BCUT2D eigenvalue weighted by Crippen LogP contribution is 2.27. The summed E-state index contributed by atoms with van der Waals surface area (Å²) in [6.45, 7) is 3.37. The number of benzene rings is 1. The number of piperidine rings is 1. The lowest BCUT2D eigenvalue weighted by Gasteiger charge is -2.34. The normalized spacial score (nSPS) is 15.8. The summed E-state index contributed by atoms with van der Waals surface area (Å²) in [6, 6.07) is 7.36. The van der Waals surface area contributed by atoms with Crippen molar-refractivity contribution in [1.82, 2.24) is 9.97 Å². The van der Waals surface area contributed by atoms with E-state index in [1.807, 2.05) is 12.1 Å². The van der Waals surface area contributed by atoms with E-state index < -0.39 is 9.84 Å². The number of aromatic nitrogens is 2. The molecule has 1 aromatic carbocycles. The van der Waals surface area contributed by atoms with Gasteiger partial charge in [-0.25, -0.2) is 18.4 Å². The standard InChI is InChI=1S/C17H22ClN5O2S/c1-2-26(24,25)14-5-3-13(4-6-14)23-9-7-12(8-10-23)22-17-15(18)16(19)20-11-21-17/h3-6,11-12H,2,7-10H2,1H3,(H3,19,20,21,22). The summed E-state index contributed by atoms with van der Waals surface area (Å²) in [5, 5.41) is 3.68. The number of nitrogen functional groups attached to an aromatic ring is 1. The Labute approximate surface area is 158 Å². The van der Waals surface area contributed by atoms with Gasteiger partial charge in [0.25, 0.3) is 0 Å². The molecule has 0 atom stereocenters. The first-order valence-electron chi connectivity index (χ1n) is 8.51. The van der Waals surface area contributed by atoms with E-state index in [0.29, 0.717) is 15.7 Å². The Morgan fingerprint density at radius 1 is 1.23 bits per heavy atom. The van der Waals surface area contributed by atoms with Crippen molar-refractivity contribution in [3.63, 3.8) is 0 Å². The number of anilines is 3. The molecule has 9 heteroatoms. The Kier molecular flexibility index (Phi) is 5.52. The molecule has 0 aliphatic carbocycles. The molecule has 3 rings (SSSR count). The van der Waals surface area contributed by atoms with Crippen molar-refractivity contribution in [3.05, 3.63) is 35.6 Å². The minimum absolute atomic E-state index is 0.111. The number of halogens is 1. The molecule has 2 heterocycles. The van der Waals surface area contributed by atoms with E-state index in [2.05, 4.69) is 20.2 Å². The fourth-order valence-corrected chi connectivity index (χ4v) is 4.03. The van der Waals surface area contributed by atoms with Crippen LogP contribution in [0.1, 0.15) is 19.8 Å². The molecule has 26 heavy (non-hydrogen) atoms. The van der Waals surface area contributed by atoms with Crippen LogP contribution in [0.3, 0.4) is 0 Å². The maximum Gasteiger partial charge on any atom is 0.178 e. The molecule has 1 aliphatic rings. The van der Waals surface area contributed by atoms with Crippen molar-refractivity contribution in [3.8, 4) is 0 Å². The molecule has 1 fully saturated rings. The molecule has 0 saturated carbocycles. The second kappa shape index (κ2) is 7.67. The largest absolute Gasteiger partial charge is 0.382 e. The Balaban J connectivity index is 1.61. The van der Waals surface area contributed by atoms with Gasteiger partial charge in [0.15, 0.2) is 15.7 Å². The number of nitrogens with one attached hydrogen (secondary N) is 1. The lowest BCUT2D eigenvalue weighted by molar-refractivity contribution is 0.525. The summed E-state index contributed by atoms with van der Waals surface area (Å²) in [5.74, 6) is 0.940. The number of nitrogens with two attached hydrogens (primary N) is 1. The summed E-state index contributed by atoms with van der Waals surface area (Å²) >= 11 is 6.13. The van der Waals surface area contributed by atoms with Gasteiger partial charge < -0.3 is 16.0 Å². The van der Waals surface area contributed by atoms with Crippen molar-refractivity contribution in [2.45, 2.75) is 30.7 Å². The Hall–Kier alpha value is -2.06. The zero-order valence-corrected chi connectivity index (χ0v) is 16.1. The van der Waals surface area contributed by atoms with Gasteiger partial charge in [-0.1, -0.05) is 18.5 Å². The molecule has 1 aliphatic heterocycles. The van der Waals surface area contributed by atoms with Gasteiger partial charge in [-0.2, -0.15) is 0 Å². The SMILES string of the molecule is CCS(=O)(=O)c1ccc(N2CCC(Nc3ncnc(N)c3Cl)CC2)cc1. The van der Waals surface area contributed by atoms with E-state index in [1.54, 1.807) is 19.1 Å². The zero-order valence-electron chi connectivity index (χ0n) is 14.5. The minimum Gasteiger partial charge on any atom is -0.382 e. The molecular weight excluding hydrogens is 374 g/mol. The molecule has 0 unspecified atom stereocenters. The number of hydrogen-bond acceptors (Lipinski definition) is 7. The lowest BCUT2D eigenvalue weighted by atomic mass is 10.0. The third-order valence-electron chi connectivity index (χ3n) is 4.59. The van der Waals surface area contributed by atoms with Crippen LogP contribution in [0.4, 0.5) is 17.3 Å². The monoisotopic (exact) mass is 395 g/mol. The van der Waals surface area contributed by atoms with Gasteiger partial charge in [0.05, 0.1) is 10.6 Å². The van der Waals surface area contributed by atoms with E-state index in [-0.39, 0.29) is 17.6 Å². The van der Waals surface area contributed by atoms with Crippen molar-refractivity contribution in [1.29, 1.82) is 0 Å². The highest BCUT2D eigenvalue weighted by atomic mass is 35.5. The van der Waals surface area contributed by atoms with Gasteiger partial charge in [0.2, 0.25) is 0 Å². The molecule has 0 amide bonds. The predicted molar refractivity (Wildman–Crippen MR) is 104 cm³/mol. The maximum absolute atomic E-state index is 11.9. The van der Waals surface area contributed by atoms with Crippen LogP contribution in [0.5, 0.6) is 0 Å². The van der Waals surface area contributed by atoms with Gasteiger partial charge in [-0.05, 0) is 37.1 Å². The van der Waals surface area contributed by atoms with Crippen molar-refractivity contribution in [2.24, 2.45) is 0 Å². The second-order valence-corrected chi connectivity index (χ2v) is 8.88. The average molecular weight is 396 g/mol. The van der Waals surface area contributed by atoms with Crippen LogP contribution in [-0.2, 0) is 9.84 Å².